The molecule has 2 N–H and O–H groups in total. The Balaban J connectivity index is 1.30. The summed E-state index contributed by atoms with van der Waals surface area (Å²) in [5, 5.41) is 6.09. The summed E-state index contributed by atoms with van der Waals surface area (Å²) in [5.74, 6) is -0.229. The van der Waals surface area contributed by atoms with Crippen LogP contribution in [0.15, 0.2) is 60.2 Å². The highest BCUT2D eigenvalue weighted by Gasteiger charge is 2.14. The van der Waals surface area contributed by atoms with Crippen LogP contribution in [0.25, 0.3) is 11.0 Å². The fourth-order valence-corrected chi connectivity index (χ4v) is 4.28. The number of fused-ring (bicyclic) bond motifs is 1. The second kappa shape index (κ2) is 9.01. The minimum absolute atomic E-state index is 0.0175. The van der Waals surface area contributed by atoms with Crippen molar-refractivity contribution in [2.75, 3.05) is 6.54 Å². The number of aryl methyl sites for hydroxylation is 1. The number of rotatable bonds is 8. The largest absolute Gasteiger partial charge is 0.351 e. The van der Waals surface area contributed by atoms with Crippen LogP contribution in [0.4, 0.5) is 4.39 Å². The van der Waals surface area contributed by atoms with Crippen LogP contribution < -0.4 is 5.32 Å². The first-order valence-electron chi connectivity index (χ1n) is 9.71. The first-order valence-corrected chi connectivity index (χ1v) is 10.6. The highest BCUT2D eigenvalue weighted by molar-refractivity contribution is 7.12. The van der Waals surface area contributed by atoms with Gasteiger partial charge in [0.05, 0.1) is 4.88 Å². The van der Waals surface area contributed by atoms with Crippen LogP contribution in [0.3, 0.4) is 0 Å². The van der Waals surface area contributed by atoms with Gasteiger partial charge in [-0.1, -0.05) is 12.1 Å². The fraction of sp³-hybridized carbons (Fsp3) is 0.217. The number of pyridine rings is 1. The minimum atomic E-state index is -0.211. The van der Waals surface area contributed by atoms with E-state index in [0.717, 1.165) is 51.9 Å². The molecule has 0 spiro atoms. The van der Waals surface area contributed by atoms with E-state index in [9.17, 15) is 9.18 Å². The second-order valence-corrected chi connectivity index (χ2v) is 7.92. The van der Waals surface area contributed by atoms with Gasteiger partial charge in [-0.2, -0.15) is 0 Å². The zero-order chi connectivity index (χ0) is 20.1. The van der Waals surface area contributed by atoms with Gasteiger partial charge in [0.25, 0.3) is 5.91 Å². The van der Waals surface area contributed by atoms with Gasteiger partial charge in [-0.25, -0.2) is 9.37 Å². The smallest absolute Gasteiger partial charge is 0.261 e. The van der Waals surface area contributed by atoms with Gasteiger partial charge in [-0.05, 0) is 78.1 Å². The maximum Gasteiger partial charge on any atom is 0.261 e. The summed E-state index contributed by atoms with van der Waals surface area (Å²) < 4.78 is 12.9. The van der Waals surface area contributed by atoms with E-state index in [4.69, 9.17) is 0 Å². The Bertz CT molecular complexity index is 1100. The number of unbranched alkanes of at least 4 members (excludes halogenated alkanes) is 1. The Labute approximate surface area is 172 Å². The molecule has 29 heavy (non-hydrogen) atoms. The van der Waals surface area contributed by atoms with Crippen LogP contribution in [0.5, 0.6) is 0 Å². The van der Waals surface area contributed by atoms with Gasteiger partial charge in [0.2, 0.25) is 0 Å². The molecule has 6 heteroatoms. The molecular formula is C23H22FN3OS. The van der Waals surface area contributed by atoms with Crippen molar-refractivity contribution in [1.82, 2.24) is 15.3 Å². The lowest BCUT2D eigenvalue weighted by atomic mass is 10.0. The number of amides is 1. The summed E-state index contributed by atoms with van der Waals surface area (Å²) in [6.07, 6.45) is 7.10. The summed E-state index contributed by atoms with van der Waals surface area (Å²) in [6, 6.07) is 12.6. The normalized spacial score (nSPS) is 11.1. The molecule has 0 radical (unpaired) electrons. The Morgan fingerprint density at radius 2 is 1.93 bits per heavy atom. The lowest BCUT2D eigenvalue weighted by molar-refractivity contribution is 0.0956. The Morgan fingerprint density at radius 1 is 1.07 bits per heavy atom. The quantitative estimate of drug-likeness (QED) is 0.399. The van der Waals surface area contributed by atoms with Crippen molar-refractivity contribution >= 4 is 28.3 Å². The van der Waals surface area contributed by atoms with Crippen molar-refractivity contribution in [2.24, 2.45) is 0 Å². The number of hydrogen-bond donors (Lipinski definition) is 2. The Kier molecular flexibility index (Phi) is 6.00. The fourth-order valence-electron chi connectivity index (χ4n) is 3.44. The molecule has 0 aliphatic carbocycles. The second-order valence-electron chi connectivity index (χ2n) is 7.00. The molecule has 0 unspecified atom stereocenters. The molecule has 0 atom stereocenters. The Morgan fingerprint density at radius 3 is 2.79 bits per heavy atom. The predicted octanol–water partition coefficient (Wildman–Crippen LogP) is 5.11. The van der Waals surface area contributed by atoms with Gasteiger partial charge in [-0.3, -0.25) is 4.79 Å². The van der Waals surface area contributed by atoms with Gasteiger partial charge >= 0.3 is 0 Å². The number of carbonyl (C=O) groups excluding carboxylic acids is 1. The van der Waals surface area contributed by atoms with E-state index >= 15 is 0 Å². The first-order chi connectivity index (χ1) is 14.2. The van der Waals surface area contributed by atoms with Gasteiger partial charge in [0.1, 0.15) is 11.5 Å². The number of nitrogens with one attached hydrogen (secondary N) is 2. The zero-order valence-electron chi connectivity index (χ0n) is 16.0. The summed E-state index contributed by atoms with van der Waals surface area (Å²) in [5.41, 5.74) is 4.17. The number of H-pyrrole nitrogens is 1. The average molecular weight is 408 g/mol. The number of thiophene rings is 1. The number of hydrogen-bond acceptors (Lipinski definition) is 3. The van der Waals surface area contributed by atoms with Crippen LogP contribution in [0.1, 0.15) is 39.2 Å². The number of benzene rings is 1. The molecule has 4 nitrogen and oxygen atoms in total. The molecule has 3 aromatic heterocycles. The minimum Gasteiger partial charge on any atom is -0.351 e. The Hall–Kier alpha value is -2.99. The van der Waals surface area contributed by atoms with Crippen LogP contribution in [-0.2, 0) is 12.8 Å². The summed E-state index contributed by atoms with van der Waals surface area (Å²) in [4.78, 5) is 20.9. The van der Waals surface area contributed by atoms with E-state index in [0.29, 0.717) is 13.0 Å². The predicted molar refractivity (Wildman–Crippen MR) is 115 cm³/mol. The van der Waals surface area contributed by atoms with Crippen molar-refractivity contribution < 1.29 is 9.18 Å². The van der Waals surface area contributed by atoms with Gasteiger partial charge in [0, 0.05) is 24.3 Å². The highest BCUT2D eigenvalue weighted by atomic mass is 32.1. The molecule has 4 rings (SSSR count). The van der Waals surface area contributed by atoms with E-state index in [1.807, 2.05) is 41.9 Å². The van der Waals surface area contributed by atoms with E-state index < -0.39 is 0 Å². The summed E-state index contributed by atoms with van der Waals surface area (Å²) in [6.45, 7) is 0.634. The maximum absolute atomic E-state index is 12.9. The van der Waals surface area contributed by atoms with E-state index in [2.05, 4.69) is 15.3 Å². The molecule has 0 saturated heterocycles. The van der Waals surface area contributed by atoms with Crippen molar-refractivity contribution in [3.05, 3.63) is 87.6 Å². The molecule has 4 aromatic rings. The molecule has 0 fully saturated rings. The number of aromatic amines is 1. The third kappa shape index (κ3) is 4.71. The number of carbonyl (C=O) groups is 1. The third-order valence-corrected chi connectivity index (χ3v) is 5.93. The first kappa shape index (κ1) is 19.3. The van der Waals surface area contributed by atoms with Gasteiger partial charge < -0.3 is 10.3 Å². The molecule has 1 aromatic carbocycles. The summed E-state index contributed by atoms with van der Waals surface area (Å²) in [7, 11) is 0. The van der Waals surface area contributed by atoms with Crippen molar-refractivity contribution in [3.63, 3.8) is 0 Å². The monoisotopic (exact) mass is 407 g/mol. The SMILES string of the molecule is O=C(NCCCCc1ccc(F)cc1)c1sccc1Cc1ccnc2[nH]ccc12. The van der Waals surface area contributed by atoms with E-state index in [-0.39, 0.29) is 11.7 Å². The summed E-state index contributed by atoms with van der Waals surface area (Å²) >= 11 is 1.48. The highest BCUT2D eigenvalue weighted by Crippen LogP contribution is 2.24. The molecular weight excluding hydrogens is 385 g/mol. The van der Waals surface area contributed by atoms with Crippen LogP contribution in [-0.4, -0.2) is 22.4 Å². The topological polar surface area (TPSA) is 57.8 Å². The third-order valence-electron chi connectivity index (χ3n) is 4.98. The lowest BCUT2D eigenvalue weighted by Crippen LogP contribution is -2.24. The van der Waals surface area contributed by atoms with Crippen LogP contribution in [0, 0.1) is 5.82 Å². The molecule has 3 heterocycles. The molecule has 0 saturated carbocycles. The van der Waals surface area contributed by atoms with E-state index in [1.54, 1.807) is 6.20 Å². The van der Waals surface area contributed by atoms with Crippen molar-refractivity contribution in [3.8, 4) is 0 Å². The lowest BCUT2D eigenvalue weighted by Gasteiger charge is -2.07. The molecule has 148 valence electrons. The maximum atomic E-state index is 12.9. The van der Waals surface area contributed by atoms with Gasteiger partial charge in [-0.15, -0.1) is 11.3 Å². The average Bonchev–Trinajstić information content (AvgIpc) is 3.39. The molecule has 0 bridgehead atoms. The van der Waals surface area contributed by atoms with Crippen LogP contribution >= 0.6 is 11.3 Å². The molecule has 0 aliphatic rings. The number of nitrogens with zero attached hydrogens (tertiary/aromatic N) is 1. The number of halogens is 1. The van der Waals surface area contributed by atoms with Crippen molar-refractivity contribution in [2.45, 2.75) is 25.7 Å². The van der Waals surface area contributed by atoms with Crippen LogP contribution in [0.2, 0.25) is 0 Å². The number of aromatic nitrogens is 2. The molecule has 1 amide bonds. The zero-order valence-corrected chi connectivity index (χ0v) is 16.8. The van der Waals surface area contributed by atoms with Crippen molar-refractivity contribution in [1.29, 1.82) is 0 Å². The molecule has 0 aliphatic heterocycles. The standard InChI is InChI=1S/C23H22FN3OS/c24-19-6-4-16(5-7-19)3-1-2-11-27-23(28)21-18(10-14-29-21)15-17-8-12-25-22-20(17)9-13-26-22/h4-10,12-14H,1-3,11,15H2,(H,25,26)(H,27,28). The van der Waals surface area contributed by atoms with E-state index in [1.165, 1.54) is 23.5 Å². The van der Waals surface area contributed by atoms with Gasteiger partial charge in [0.15, 0.2) is 0 Å².